The van der Waals surface area contributed by atoms with Crippen LogP contribution in [-0.2, 0) is 0 Å². The smallest absolute Gasteiger partial charge is 0.229 e. The number of piperidine rings is 1. The molecular weight excluding hydrogens is 424 g/mol. The second-order valence-corrected chi connectivity index (χ2v) is 8.59. The highest BCUT2D eigenvalue weighted by Gasteiger charge is 2.18. The summed E-state index contributed by atoms with van der Waals surface area (Å²) < 4.78 is 31.1. The lowest BCUT2D eigenvalue weighted by Gasteiger charge is -2.22. The van der Waals surface area contributed by atoms with Crippen molar-refractivity contribution in [2.75, 3.05) is 18.4 Å². The van der Waals surface area contributed by atoms with Gasteiger partial charge in [-0.1, -0.05) is 6.07 Å². The number of anilines is 2. The van der Waals surface area contributed by atoms with Crippen molar-refractivity contribution in [1.82, 2.24) is 30.0 Å². The summed E-state index contributed by atoms with van der Waals surface area (Å²) >= 11 is 0. The number of nitrogens with zero attached hydrogens (tertiary/aromatic N) is 5. The van der Waals surface area contributed by atoms with E-state index in [2.05, 4.69) is 30.7 Å². The molecule has 0 radical (unpaired) electrons. The van der Waals surface area contributed by atoms with Crippen molar-refractivity contribution in [2.45, 2.75) is 38.6 Å². The number of aromatic nitrogens is 5. The third kappa shape index (κ3) is 4.28. The fraction of sp³-hybridized carbons (Fsp3) is 0.333. The number of pyridine rings is 1. The quantitative estimate of drug-likeness (QED) is 0.448. The van der Waals surface area contributed by atoms with Gasteiger partial charge >= 0.3 is 0 Å². The minimum atomic E-state index is -0.635. The Labute approximate surface area is 190 Å². The number of hydrogen-bond donors (Lipinski definition) is 2. The Hall–Kier alpha value is -3.46. The van der Waals surface area contributed by atoms with E-state index in [0.717, 1.165) is 32.1 Å². The van der Waals surface area contributed by atoms with Gasteiger partial charge in [0.25, 0.3) is 0 Å². The van der Waals surface area contributed by atoms with Crippen molar-refractivity contribution in [3.05, 3.63) is 60.1 Å². The van der Waals surface area contributed by atoms with Crippen LogP contribution in [0, 0.1) is 11.6 Å². The molecule has 0 unspecified atom stereocenters. The standard InChI is InChI=1S/C24H25F2N7/c1-14(2)33-21-10-17(9-19(25)18(21)12-30-33)23-20(26)13-29-24(32-23)31-22-4-3-16(11-28-22)15-5-7-27-8-6-15/h3-4,9-15,27H,5-8H2,1-2H3,(H,28,29,31,32). The maximum Gasteiger partial charge on any atom is 0.229 e. The van der Waals surface area contributed by atoms with Gasteiger partial charge in [-0.3, -0.25) is 4.68 Å². The summed E-state index contributed by atoms with van der Waals surface area (Å²) in [5.74, 6) is 0.142. The van der Waals surface area contributed by atoms with Crippen LogP contribution in [0.25, 0.3) is 22.2 Å². The lowest BCUT2D eigenvalue weighted by Crippen LogP contribution is -2.26. The van der Waals surface area contributed by atoms with Crippen molar-refractivity contribution < 1.29 is 8.78 Å². The summed E-state index contributed by atoms with van der Waals surface area (Å²) in [5, 5.41) is 11.0. The summed E-state index contributed by atoms with van der Waals surface area (Å²) in [7, 11) is 0. The third-order valence-corrected chi connectivity index (χ3v) is 6.01. The molecule has 170 valence electrons. The van der Waals surface area contributed by atoms with Gasteiger partial charge in [0.1, 0.15) is 17.3 Å². The molecule has 1 fully saturated rings. The van der Waals surface area contributed by atoms with Gasteiger partial charge in [0, 0.05) is 17.8 Å². The van der Waals surface area contributed by atoms with Crippen LogP contribution >= 0.6 is 0 Å². The summed E-state index contributed by atoms with van der Waals surface area (Å²) in [5.41, 5.74) is 2.12. The number of nitrogens with one attached hydrogen (secondary N) is 2. The van der Waals surface area contributed by atoms with Gasteiger partial charge in [0.2, 0.25) is 5.95 Å². The van der Waals surface area contributed by atoms with E-state index in [1.54, 1.807) is 10.7 Å². The fourth-order valence-electron chi connectivity index (χ4n) is 4.27. The van der Waals surface area contributed by atoms with E-state index in [4.69, 9.17) is 0 Å². The van der Waals surface area contributed by atoms with Crippen molar-refractivity contribution in [3.63, 3.8) is 0 Å². The molecule has 33 heavy (non-hydrogen) atoms. The largest absolute Gasteiger partial charge is 0.317 e. The van der Waals surface area contributed by atoms with E-state index >= 15 is 0 Å². The molecule has 4 aromatic rings. The molecule has 0 bridgehead atoms. The van der Waals surface area contributed by atoms with Crippen molar-refractivity contribution >= 4 is 22.7 Å². The van der Waals surface area contributed by atoms with Crippen LogP contribution in [0.4, 0.5) is 20.5 Å². The molecular formula is C24H25F2N7. The highest BCUT2D eigenvalue weighted by molar-refractivity contribution is 5.84. The fourth-order valence-corrected chi connectivity index (χ4v) is 4.27. The molecule has 1 aliphatic heterocycles. The van der Waals surface area contributed by atoms with Gasteiger partial charge in [0.15, 0.2) is 5.82 Å². The summed E-state index contributed by atoms with van der Waals surface area (Å²) in [6.45, 7) is 5.93. The summed E-state index contributed by atoms with van der Waals surface area (Å²) in [6.07, 6.45) is 6.61. The molecule has 1 saturated heterocycles. The van der Waals surface area contributed by atoms with Crippen molar-refractivity contribution in [3.8, 4) is 11.3 Å². The van der Waals surface area contributed by atoms with Crippen molar-refractivity contribution in [1.29, 1.82) is 0 Å². The molecule has 0 saturated carbocycles. The van der Waals surface area contributed by atoms with Crippen LogP contribution in [0.2, 0.25) is 0 Å². The molecule has 1 aliphatic rings. The Bertz CT molecular complexity index is 1280. The lowest BCUT2D eigenvalue weighted by atomic mass is 9.91. The van der Waals surface area contributed by atoms with Crippen LogP contribution in [0.15, 0.2) is 42.9 Å². The number of rotatable bonds is 5. The first kappa shape index (κ1) is 21.4. The summed E-state index contributed by atoms with van der Waals surface area (Å²) in [4.78, 5) is 12.8. The van der Waals surface area contributed by atoms with Gasteiger partial charge in [0.05, 0.1) is 23.3 Å². The lowest BCUT2D eigenvalue weighted by molar-refractivity contribution is 0.459. The van der Waals surface area contributed by atoms with Gasteiger partial charge in [-0.05, 0) is 69.5 Å². The second kappa shape index (κ2) is 8.82. The van der Waals surface area contributed by atoms with Crippen LogP contribution in [-0.4, -0.2) is 37.8 Å². The molecule has 0 atom stereocenters. The average molecular weight is 450 g/mol. The number of fused-ring (bicyclic) bond motifs is 1. The maximum absolute atomic E-state index is 14.7. The van der Waals surface area contributed by atoms with E-state index < -0.39 is 11.6 Å². The van der Waals surface area contributed by atoms with Crippen LogP contribution in [0.5, 0.6) is 0 Å². The molecule has 9 heteroatoms. The van der Waals surface area contributed by atoms with E-state index in [1.807, 2.05) is 32.2 Å². The predicted octanol–water partition coefficient (Wildman–Crippen LogP) is 4.96. The van der Waals surface area contributed by atoms with E-state index in [9.17, 15) is 8.78 Å². The molecule has 3 aromatic heterocycles. The van der Waals surface area contributed by atoms with Crippen molar-refractivity contribution in [2.24, 2.45) is 0 Å². The number of halogens is 2. The normalized spacial score (nSPS) is 14.8. The minimum Gasteiger partial charge on any atom is -0.317 e. The molecule has 0 aliphatic carbocycles. The highest BCUT2D eigenvalue weighted by Crippen LogP contribution is 2.30. The van der Waals surface area contributed by atoms with E-state index in [0.29, 0.717) is 28.2 Å². The van der Waals surface area contributed by atoms with Crippen LogP contribution in [0.1, 0.15) is 44.2 Å². The Morgan fingerprint density at radius 3 is 2.58 bits per heavy atom. The molecule has 0 spiro atoms. The molecule has 7 nitrogen and oxygen atoms in total. The maximum atomic E-state index is 14.7. The molecule has 5 rings (SSSR count). The predicted molar refractivity (Wildman–Crippen MR) is 123 cm³/mol. The van der Waals surface area contributed by atoms with Gasteiger partial charge in [-0.2, -0.15) is 5.10 Å². The SMILES string of the molecule is CC(C)n1ncc2c(F)cc(-c3nc(Nc4ccc(C5CCNCC5)cn4)ncc3F)cc21. The van der Waals surface area contributed by atoms with E-state index in [1.165, 1.54) is 17.8 Å². The molecule has 0 amide bonds. The monoisotopic (exact) mass is 449 g/mol. The molecule has 2 N–H and O–H groups in total. The molecule has 1 aromatic carbocycles. The van der Waals surface area contributed by atoms with Gasteiger partial charge in [-0.15, -0.1) is 0 Å². The Balaban J connectivity index is 1.43. The second-order valence-electron chi connectivity index (χ2n) is 8.59. The topological polar surface area (TPSA) is 80.5 Å². The number of benzene rings is 1. The first-order valence-electron chi connectivity index (χ1n) is 11.1. The summed E-state index contributed by atoms with van der Waals surface area (Å²) in [6, 6.07) is 6.93. The average Bonchev–Trinajstić information content (AvgIpc) is 3.26. The van der Waals surface area contributed by atoms with Crippen LogP contribution < -0.4 is 10.6 Å². The third-order valence-electron chi connectivity index (χ3n) is 6.01. The van der Waals surface area contributed by atoms with Crippen LogP contribution in [0.3, 0.4) is 0 Å². The Morgan fingerprint density at radius 1 is 1.03 bits per heavy atom. The van der Waals surface area contributed by atoms with E-state index in [-0.39, 0.29) is 17.7 Å². The first-order valence-corrected chi connectivity index (χ1v) is 11.1. The number of hydrogen-bond acceptors (Lipinski definition) is 6. The zero-order valence-electron chi connectivity index (χ0n) is 18.5. The Kier molecular flexibility index (Phi) is 5.72. The highest BCUT2D eigenvalue weighted by atomic mass is 19.1. The zero-order valence-corrected chi connectivity index (χ0v) is 18.5. The zero-order chi connectivity index (χ0) is 22.9. The van der Waals surface area contributed by atoms with Gasteiger partial charge < -0.3 is 10.6 Å². The Morgan fingerprint density at radius 2 is 1.85 bits per heavy atom. The van der Waals surface area contributed by atoms with Gasteiger partial charge in [-0.25, -0.2) is 23.7 Å². The molecule has 4 heterocycles. The minimum absolute atomic E-state index is 0.0103. The first-order chi connectivity index (χ1) is 16.0.